The van der Waals surface area contributed by atoms with Crippen molar-refractivity contribution in [3.63, 3.8) is 0 Å². The Labute approximate surface area is 304 Å². The predicted octanol–water partition coefficient (Wildman–Crippen LogP) is 14.1. The molecule has 2 spiro atoms. The van der Waals surface area contributed by atoms with Gasteiger partial charge >= 0.3 is 5.97 Å². The number of carbonyl (C=O) groups excluding carboxylic acids is 1. The summed E-state index contributed by atoms with van der Waals surface area (Å²) in [4.78, 5) is 13.0. The molecule has 2 nitrogen and oxygen atoms in total. The molecule has 0 aromatic rings. The van der Waals surface area contributed by atoms with Gasteiger partial charge in [0.25, 0.3) is 0 Å². The molecule has 5 aliphatic carbocycles. The Balaban J connectivity index is 1.02. The van der Waals surface area contributed by atoms with Crippen LogP contribution < -0.4 is 0 Å². The van der Waals surface area contributed by atoms with E-state index >= 15 is 0 Å². The largest absolute Gasteiger partial charge is 0.462 e. The Morgan fingerprint density at radius 1 is 0.776 bits per heavy atom. The Kier molecular flexibility index (Phi) is 13.5. The predicted molar refractivity (Wildman–Crippen MR) is 209 cm³/mol. The fourth-order valence-electron chi connectivity index (χ4n) is 13.3. The van der Waals surface area contributed by atoms with Crippen molar-refractivity contribution in [3.05, 3.63) is 36.0 Å². The number of carbonyl (C=O) groups is 1. The van der Waals surface area contributed by atoms with Gasteiger partial charge < -0.3 is 4.74 Å². The zero-order chi connectivity index (χ0) is 35.1. The Bertz CT molecular complexity index is 1160. The van der Waals surface area contributed by atoms with E-state index in [9.17, 15) is 4.79 Å². The van der Waals surface area contributed by atoms with Crippen LogP contribution in [-0.4, -0.2) is 12.1 Å². The van der Waals surface area contributed by atoms with Gasteiger partial charge in [0.1, 0.15) is 6.10 Å². The van der Waals surface area contributed by atoms with E-state index in [1.165, 1.54) is 121 Å². The molecular weight excluding hydrogens is 597 g/mol. The van der Waals surface area contributed by atoms with Gasteiger partial charge in [0.05, 0.1) is 0 Å². The summed E-state index contributed by atoms with van der Waals surface area (Å²) in [6, 6.07) is 0. The Morgan fingerprint density at radius 3 is 2.22 bits per heavy atom. The van der Waals surface area contributed by atoms with Gasteiger partial charge in [-0.2, -0.15) is 0 Å². The van der Waals surface area contributed by atoms with Crippen LogP contribution in [0.1, 0.15) is 196 Å². The van der Waals surface area contributed by atoms with Crippen molar-refractivity contribution in [1.29, 1.82) is 0 Å². The molecule has 5 saturated carbocycles. The van der Waals surface area contributed by atoms with Crippen LogP contribution in [0.2, 0.25) is 0 Å². The first-order chi connectivity index (χ1) is 23.5. The molecule has 2 heteroatoms. The molecule has 0 aromatic carbocycles. The third-order valence-corrected chi connectivity index (χ3v) is 16.2. The third-order valence-electron chi connectivity index (χ3n) is 16.2. The number of fused-ring (bicyclic) bond motifs is 2. The molecular formula is C47H78O2. The second-order valence-electron chi connectivity index (χ2n) is 18.9. The highest BCUT2D eigenvalue weighted by Gasteiger charge is 2.81. The second kappa shape index (κ2) is 17.0. The Hall–Kier alpha value is -1.31. The molecule has 0 heterocycles. The standard InChI is InChI=1S/C47H78O2/c1-8-9-10-11-12-13-14-15-16-17-18-19-20-21-22-26-43(48)49-41-30-32-46-35-47(46)34-33-44(6)39(37(4)25-23-24-36(2)3)29-31-45(44,7)42(47)28-27-40(46)38(41)5/h12-13,15-16,24,37-42H,8-11,14,17-23,25-35H2,1-7H3. The second-order valence-corrected chi connectivity index (χ2v) is 18.9. The molecule has 0 aliphatic heterocycles. The minimum absolute atomic E-state index is 0.0781. The number of rotatable bonds is 19. The van der Waals surface area contributed by atoms with Crippen molar-refractivity contribution in [1.82, 2.24) is 0 Å². The van der Waals surface area contributed by atoms with Gasteiger partial charge in [-0.05, 0) is 174 Å². The average Bonchev–Trinajstić information content (AvgIpc) is 3.65. The molecule has 0 amide bonds. The Morgan fingerprint density at radius 2 is 1.49 bits per heavy atom. The van der Waals surface area contributed by atoms with Crippen LogP contribution in [0.25, 0.3) is 0 Å². The summed E-state index contributed by atoms with van der Waals surface area (Å²) in [5.41, 5.74) is 3.62. The van der Waals surface area contributed by atoms with Gasteiger partial charge in [0.15, 0.2) is 0 Å². The topological polar surface area (TPSA) is 26.3 Å². The summed E-state index contributed by atoms with van der Waals surface area (Å²) >= 11 is 0. The van der Waals surface area contributed by atoms with Crippen molar-refractivity contribution in [2.24, 2.45) is 51.2 Å². The maximum absolute atomic E-state index is 13.0. The van der Waals surface area contributed by atoms with Crippen molar-refractivity contribution in [2.75, 3.05) is 0 Å². The van der Waals surface area contributed by atoms with Crippen LogP contribution in [-0.2, 0) is 9.53 Å². The zero-order valence-corrected chi connectivity index (χ0v) is 33.4. The highest BCUT2D eigenvalue weighted by molar-refractivity contribution is 5.69. The van der Waals surface area contributed by atoms with Crippen molar-refractivity contribution < 1.29 is 9.53 Å². The van der Waals surface area contributed by atoms with Gasteiger partial charge in [-0.3, -0.25) is 4.79 Å². The summed E-state index contributed by atoms with van der Waals surface area (Å²) in [6.45, 7) is 17.3. The van der Waals surface area contributed by atoms with Crippen LogP contribution in [0.15, 0.2) is 36.0 Å². The molecule has 0 bridgehead atoms. The summed E-state index contributed by atoms with van der Waals surface area (Å²) in [6.07, 6.45) is 41.1. The number of hydrogen-bond acceptors (Lipinski definition) is 2. The highest BCUT2D eigenvalue weighted by atomic mass is 16.5. The van der Waals surface area contributed by atoms with Crippen LogP contribution in [0.5, 0.6) is 0 Å². The number of ether oxygens (including phenoxy) is 1. The zero-order valence-electron chi connectivity index (χ0n) is 33.4. The van der Waals surface area contributed by atoms with Crippen molar-refractivity contribution >= 4 is 5.97 Å². The molecule has 10 unspecified atom stereocenters. The summed E-state index contributed by atoms with van der Waals surface area (Å²) < 4.78 is 6.30. The van der Waals surface area contributed by atoms with Crippen LogP contribution >= 0.6 is 0 Å². The molecule has 0 N–H and O–H groups in total. The molecule has 0 saturated heterocycles. The quantitative estimate of drug-likeness (QED) is 0.0774. The molecule has 10 atom stereocenters. The molecule has 0 aromatic heterocycles. The monoisotopic (exact) mass is 675 g/mol. The van der Waals surface area contributed by atoms with Gasteiger partial charge in [-0.25, -0.2) is 0 Å². The van der Waals surface area contributed by atoms with E-state index in [2.05, 4.69) is 78.8 Å². The molecule has 5 aliphatic rings. The molecule has 5 rings (SSSR count). The fourth-order valence-corrected chi connectivity index (χ4v) is 13.3. The summed E-state index contributed by atoms with van der Waals surface area (Å²) in [7, 11) is 0. The van der Waals surface area contributed by atoms with E-state index in [0.717, 1.165) is 49.4 Å². The van der Waals surface area contributed by atoms with Crippen molar-refractivity contribution in [2.45, 2.75) is 202 Å². The molecule has 49 heavy (non-hydrogen) atoms. The number of esters is 1. The third kappa shape index (κ3) is 8.04. The number of unbranched alkanes of at least 4 members (excludes halogenated alkanes) is 8. The molecule has 5 fully saturated rings. The van der Waals surface area contributed by atoms with E-state index in [4.69, 9.17) is 4.74 Å². The lowest BCUT2D eigenvalue weighted by atomic mass is 9.43. The van der Waals surface area contributed by atoms with Gasteiger partial charge in [-0.1, -0.05) is 103 Å². The van der Waals surface area contributed by atoms with E-state index in [1.807, 2.05) is 0 Å². The smallest absolute Gasteiger partial charge is 0.306 e. The van der Waals surface area contributed by atoms with Crippen LogP contribution in [0.3, 0.4) is 0 Å². The average molecular weight is 675 g/mol. The van der Waals surface area contributed by atoms with E-state index in [0.29, 0.717) is 34.0 Å². The van der Waals surface area contributed by atoms with Gasteiger partial charge in [-0.15, -0.1) is 0 Å². The van der Waals surface area contributed by atoms with Gasteiger partial charge in [0.2, 0.25) is 0 Å². The minimum atomic E-state index is 0.0781. The maximum atomic E-state index is 13.0. The van der Waals surface area contributed by atoms with Crippen LogP contribution in [0.4, 0.5) is 0 Å². The lowest BCUT2D eigenvalue weighted by Crippen LogP contribution is -2.56. The highest BCUT2D eigenvalue weighted by Crippen LogP contribution is 2.88. The molecule has 278 valence electrons. The first kappa shape index (κ1) is 38.9. The summed E-state index contributed by atoms with van der Waals surface area (Å²) in [5, 5.41) is 0. The van der Waals surface area contributed by atoms with Crippen LogP contribution in [0, 0.1) is 51.2 Å². The lowest BCUT2D eigenvalue weighted by molar-refractivity contribution is -0.167. The summed E-state index contributed by atoms with van der Waals surface area (Å²) in [5.74, 6) is 4.00. The molecule has 0 radical (unpaired) electrons. The number of allylic oxidation sites excluding steroid dienone is 6. The first-order valence-electron chi connectivity index (χ1n) is 21.7. The van der Waals surface area contributed by atoms with E-state index in [1.54, 1.807) is 0 Å². The number of hydrogen-bond donors (Lipinski definition) is 0. The van der Waals surface area contributed by atoms with E-state index < -0.39 is 0 Å². The minimum Gasteiger partial charge on any atom is -0.462 e. The van der Waals surface area contributed by atoms with Gasteiger partial charge in [0, 0.05) is 6.42 Å². The van der Waals surface area contributed by atoms with E-state index in [-0.39, 0.29) is 12.1 Å². The lowest BCUT2D eigenvalue weighted by Gasteiger charge is -2.62. The fraction of sp³-hybridized carbons (Fsp3) is 0.851. The van der Waals surface area contributed by atoms with Crippen molar-refractivity contribution in [3.8, 4) is 0 Å². The SMILES string of the molecule is CCCCCC=CCC=CCCCCCCCC(=O)OC1CCC23CC24CCC2(C)C(C(C)CCC=C(C)C)CCC2(C)C4CCC3C1C. The first-order valence-corrected chi connectivity index (χ1v) is 21.7. The maximum Gasteiger partial charge on any atom is 0.306 e. The normalized spacial score (nSPS) is 38.5.